The molecule has 2 aromatic rings. The van der Waals surface area contributed by atoms with Crippen molar-refractivity contribution in [2.24, 2.45) is 5.92 Å². The van der Waals surface area contributed by atoms with Crippen LogP contribution in [0.2, 0.25) is 0 Å². The summed E-state index contributed by atoms with van der Waals surface area (Å²) < 4.78 is 0. The third-order valence-electron chi connectivity index (χ3n) is 3.91. The van der Waals surface area contributed by atoms with Crippen LogP contribution in [0.15, 0.2) is 47.4 Å². The van der Waals surface area contributed by atoms with Crippen LogP contribution in [0.5, 0.6) is 0 Å². The van der Waals surface area contributed by atoms with Gasteiger partial charge in [0.1, 0.15) is 0 Å². The zero-order valence-electron chi connectivity index (χ0n) is 11.3. The van der Waals surface area contributed by atoms with Crippen LogP contribution < -0.4 is 5.32 Å². The molecule has 3 rings (SSSR count). The highest BCUT2D eigenvalue weighted by Gasteiger charge is 2.12. The quantitative estimate of drug-likeness (QED) is 0.831. The molecule has 0 amide bonds. The predicted molar refractivity (Wildman–Crippen MR) is 84.9 cm³/mol. The first-order chi connectivity index (χ1) is 9.42. The van der Waals surface area contributed by atoms with Crippen LogP contribution in [0, 0.1) is 5.92 Å². The van der Waals surface area contributed by atoms with E-state index in [9.17, 15) is 0 Å². The van der Waals surface area contributed by atoms with Gasteiger partial charge in [-0.25, -0.2) is 0 Å². The van der Waals surface area contributed by atoms with Gasteiger partial charge in [0.05, 0.1) is 0 Å². The fraction of sp³-hybridized carbons (Fsp3) is 0.412. The number of rotatable bonds is 4. The van der Waals surface area contributed by atoms with Crippen molar-refractivity contribution in [3.8, 4) is 0 Å². The summed E-state index contributed by atoms with van der Waals surface area (Å²) in [6, 6.07) is 15.4. The van der Waals surface area contributed by atoms with Gasteiger partial charge in [-0.3, -0.25) is 0 Å². The Labute approximate surface area is 119 Å². The molecule has 1 nitrogen and oxygen atoms in total. The summed E-state index contributed by atoms with van der Waals surface area (Å²) in [5.74, 6) is 2.13. The molecule has 1 unspecified atom stereocenters. The molecule has 0 spiro atoms. The van der Waals surface area contributed by atoms with E-state index in [0.29, 0.717) is 0 Å². The normalized spacial score (nSPS) is 19.7. The van der Waals surface area contributed by atoms with E-state index in [1.165, 1.54) is 53.8 Å². The average Bonchev–Trinajstić information content (AvgIpc) is 2.48. The van der Waals surface area contributed by atoms with Crippen molar-refractivity contribution < 1.29 is 0 Å². The molecule has 100 valence electrons. The zero-order chi connectivity index (χ0) is 12.9. The average molecular weight is 271 g/mol. The van der Waals surface area contributed by atoms with Crippen molar-refractivity contribution in [1.29, 1.82) is 0 Å². The molecule has 1 fully saturated rings. The van der Waals surface area contributed by atoms with Gasteiger partial charge >= 0.3 is 0 Å². The van der Waals surface area contributed by atoms with Gasteiger partial charge in [-0.15, -0.1) is 11.8 Å². The summed E-state index contributed by atoms with van der Waals surface area (Å²) in [6.45, 7) is 2.44. The highest BCUT2D eigenvalue weighted by atomic mass is 32.2. The Morgan fingerprint density at radius 2 is 2.00 bits per heavy atom. The van der Waals surface area contributed by atoms with E-state index in [1.54, 1.807) is 0 Å². The second-order valence-corrected chi connectivity index (χ2v) is 6.53. The van der Waals surface area contributed by atoms with Crippen LogP contribution in [-0.2, 0) is 0 Å². The van der Waals surface area contributed by atoms with Crippen molar-refractivity contribution in [3.63, 3.8) is 0 Å². The Kier molecular flexibility index (Phi) is 4.41. The zero-order valence-corrected chi connectivity index (χ0v) is 12.1. The van der Waals surface area contributed by atoms with Crippen LogP contribution in [0.25, 0.3) is 10.8 Å². The molecule has 0 bridgehead atoms. The lowest BCUT2D eigenvalue weighted by atomic mass is 9.97. The van der Waals surface area contributed by atoms with Crippen LogP contribution >= 0.6 is 11.8 Å². The number of thioether (sulfide) groups is 1. The van der Waals surface area contributed by atoms with Crippen LogP contribution in [0.3, 0.4) is 0 Å². The summed E-state index contributed by atoms with van der Waals surface area (Å²) >= 11 is 2.00. The molecule has 1 N–H and O–H groups in total. The molecule has 1 saturated heterocycles. The maximum atomic E-state index is 3.50. The molecule has 1 aliphatic heterocycles. The fourth-order valence-corrected chi connectivity index (χ4v) is 3.83. The van der Waals surface area contributed by atoms with E-state index in [1.807, 2.05) is 11.8 Å². The van der Waals surface area contributed by atoms with Gasteiger partial charge in [0, 0.05) is 4.90 Å². The smallest absolute Gasteiger partial charge is 0.00783 e. The largest absolute Gasteiger partial charge is 0.316 e. The molecule has 1 aliphatic rings. The van der Waals surface area contributed by atoms with Crippen molar-refractivity contribution in [1.82, 2.24) is 5.32 Å². The number of hydrogen-bond acceptors (Lipinski definition) is 2. The number of nitrogens with one attached hydrogen (secondary N) is 1. The van der Waals surface area contributed by atoms with Gasteiger partial charge < -0.3 is 5.32 Å². The maximum absolute atomic E-state index is 3.50. The Hall–Kier alpha value is -0.990. The summed E-state index contributed by atoms with van der Waals surface area (Å²) in [7, 11) is 0. The van der Waals surface area contributed by atoms with Gasteiger partial charge in [-0.1, -0.05) is 30.3 Å². The van der Waals surface area contributed by atoms with Gasteiger partial charge in [0.2, 0.25) is 0 Å². The van der Waals surface area contributed by atoms with Crippen molar-refractivity contribution in [3.05, 3.63) is 42.5 Å². The van der Waals surface area contributed by atoms with Gasteiger partial charge in [-0.05, 0) is 66.9 Å². The molecule has 0 saturated carbocycles. The first-order valence-corrected chi connectivity index (χ1v) is 8.23. The minimum Gasteiger partial charge on any atom is -0.316 e. The van der Waals surface area contributed by atoms with E-state index < -0.39 is 0 Å². The lowest BCUT2D eigenvalue weighted by molar-refractivity contribution is 0.371. The lowest BCUT2D eigenvalue weighted by Crippen LogP contribution is -2.29. The summed E-state index contributed by atoms with van der Waals surface area (Å²) in [4.78, 5) is 1.41. The van der Waals surface area contributed by atoms with Gasteiger partial charge in [-0.2, -0.15) is 0 Å². The molecule has 1 heterocycles. The van der Waals surface area contributed by atoms with Crippen LogP contribution in [0.1, 0.15) is 19.3 Å². The van der Waals surface area contributed by atoms with Crippen LogP contribution in [0.4, 0.5) is 0 Å². The Bertz CT molecular complexity index is 532. The van der Waals surface area contributed by atoms with E-state index in [4.69, 9.17) is 0 Å². The first-order valence-electron chi connectivity index (χ1n) is 7.24. The topological polar surface area (TPSA) is 12.0 Å². The van der Waals surface area contributed by atoms with E-state index in [-0.39, 0.29) is 0 Å². The van der Waals surface area contributed by atoms with Crippen molar-refractivity contribution >= 4 is 22.5 Å². The number of piperidine rings is 1. The lowest BCUT2D eigenvalue weighted by Gasteiger charge is -2.22. The summed E-state index contributed by atoms with van der Waals surface area (Å²) in [5, 5.41) is 6.19. The van der Waals surface area contributed by atoms with Crippen LogP contribution in [-0.4, -0.2) is 18.8 Å². The predicted octanol–water partition coefficient (Wildman–Crippen LogP) is 4.32. The van der Waals surface area contributed by atoms with E-state index in [0.717, 1.165) is 5.92 Å². The molecule has 2 heteroatoms. The Morgan fingerprint density at radius 1 is 1.11 bits per heavy atom. The van der Waals surface area contributed by atoms with Crippen molar-refractivity contribution in [2.75, 3.05) is 18.8 Å². The van der Waals surface area contributed by atoms with E-state index >= 15 is 0 Å². The molecule has 0 aromatic heterocycles. The molecule has 0 radical (unpaired) electrons. The number of fused-ring (bicyclic) bond motifs is 1. The van der Waals surface area contributed by atoms with E-state index in [2.05, 4.69) is 47.8 Å². The second-order valence-electron chi connectivity index (χ2n) is 5.36. The Morgan fingerprint density at radius 3 is 2.84 bits per heavy atom. The van der Waals surface area contributed by atoms with Gasteiger partial charge in [0.25, 0.3) is 0 Å². The highest BCUT2D eigenvalue weighted by Crippen LogP contribution is 2.26. The molecular weight excluding hydrogens is 250 g/mol. The molecule has 0 aliphatic carbocycles. The molecule has 2 aromatic carbocycles. The summed E-state index contributed by atoms with van der Waals surface area (Å²) in [6.07, 6.45) is 4.10. The highest BCUT2D eigenvalue weighted by molar-refractivity contribution is 7.99. The third-order valence-corrected chi connectivity index (χ3v) is 4.94. The minimum absolute atomic E-state index is 0.890. The third kappa shape index (κ3) is 3.52. The Balaban J connectivity index is 1.56. The van der Waals surface area contributed by atoms with Gasteiger partial charge in [0.15, 0.2) is 0 Å². The second kappa shape index (κ2) is 6.44. The SMILES string of the molecule is c1ccc2cc(SCCC3CCCNC3)ccc2c1. The monoisotopic (exact) mass is 271 g/mol. The molecular formula is C17H21NS. The minimum atomic E-state index is 0.890. The molecule has 19 heavy (non-hydrogen) atoms. The maximum Gasteiger partial charge on any atom is 0.00783 e. The number of hydrogen-bond donors (Lipinski definition) is 1. The number of benzene rings is 2. The fourth-order valence-electron chi connectivity index (χ4n) is 2.77. The first kappa shape index (κ1) is 13.0. The molecule has 1 atom stereocenters. The standard InChI is InChI=1S/C17H21NS/c1-2-6-16-12-17(8-7-15(16)5-1)19-11-9-14-4-3-10-18-13-14/h1-2,5-8,12,14,18H,3-4,9-11,13H2. The summed E-state index contributed by atoms with van der Waals surface area (Å²) in [5.41, 5.74) is 0. The van der Waals surface area contributed by atoms with Crippen molar-refractivity contribution in [2.45, 2.75) is 24.2 Å².